The monoisotopic (exact) mass is 385 g/mol. The lowest BCUT2D eigenvalue weighted by atomic mass is 10.1. The second-order valence-electron chi connectivity index (χ2n) is 6.83. The van der Waals surface area contributed by atoms with Crippen LogP contribution in [0.25, 0.3) is 22.2 Å². The molecule has 0 aliphatic heterocycles. The number of carbonyl (C=O) groups is 1. The minimum atomic E-state index is -0.325. The molecule has 1 aromatic heterocycles. The van der Waals surface area contributed by atoms with Gasteiger partial charge in [0.15, 0.2) is 0 Å². The summed E-state index contributed by atoms with van der Waals surface area (Å²) in [5.74, 6) is 0.540. The van der Waals surface area contributed by atoms with Gasteiger partial charge in [-0.3, -0.25) is 0 Å². The Kier molecular flexibility index (Phi) is 5.34. The molecule has 29 heavy (non-hydrogen) atoms. The van der Waals surface area contributed by atoms with Gasteiger partial charge in [-0.1, -0.05) is 42.5 Å². The summed E-state index contributed by atoms with van der Waals surface area (Å²) in [6.45, 7) is 3.27. The fraction of sp³-hybridized carbons (Fsp3) is 0.160. The Hall–Kier alpha value is -3.53. The summed E-state index contributed by atoms with van der Waals surface area (Å²) in [5.41, 5.74) is 4.98. The van der Waals surface area contributed by atoms with E-state index in [2.05, 4.69) is 34.9 Å². The Labute approximate surface area is 170 Å². The fourth-order valence-corrected chi connectivity index (χ4v) is 3.62. The third-order valence-corrected chi connectivity index (χ3v) is 4.94. The van der Waals surface area contributed by atoms with Crippen LogP contribution in [-0.2, 0) is 11.3 Å². The van der Waals surface area contributed by atoms with Gasteiger partial charge < -0.3 is 14.0 Å². The standard InChI is InChI=1S/C25H23NO3/c1-3-29-22-12-13-23-21(15-22)16-24(19-9-5-4-6-10-19)26(23)17-18-8-7-11-20(14-18)25(27)28-2/h4-16H,3,17H2,1-2H3. The van der Waals surface area contributed by atoms with Crippen LogP contribution in [0.15, 0.2) is 78.9 Å². The molecular formula is C25H23NO3. The molecular weight excluding hydrogens is 362 g/mol. The number of rotatable bonds is 6. The van der Waals surface area contributed by atoms with Gasteiger partial charge in [-0.25, -0.2) is 4.79 Å². The van der Waals surface area contributed by atoms with Crippen LogP contribution < -0.4 is 4.74 Å². The molecule has 0 saturated carbocycles. The van der Waals surface area contributed by atoms with E-state index in [1.165, 1.54) is 7.11 Å². The van der Waals surface area contributed by atoms with Crippen LogP contribution in [0.5, 0.6) is 5.75 Å². The highest BCUT2D eigenvalue weighted by molar-refractivity contribution is 5.90. The largest absolute Gasteiger partial charge is 0.494 e. The number of carbonyl (C=O) groups excluding carboxylic acids is 1. The highest BCUT2D eigenvalue weighted by Crippen LogP contribution is 2.31. The van der Waals surface area contributed by atoms with E-state index in [-0.39, 0.29) is 5.97 Å². The molecule has 1 heterocycles. The maximum atomic E-state index is 11.9. The Morgan fingerprint density at radius 3 is 2.52 bits per heavy atom. The molecule has 0 saturated heterocycles. The first kappa shape index (κ1) is 18.8. The van der Waals surface area contributed by atoms with Crippen molar-refractivity contribution in [2.75, 3.05) is 13.7 Å². The predicted octanol–water partition coefficient (Wildman–Crippen LogP) is 5.54. The smallest absolute Gasteiger partial charge is 0.337 e. The van der Waals surface area contributed by atoms with Gasteiger partial charge in [-0.15, -0.1) is 0 Å². The van der Waals surface area contributed by atoms with Crippen molar-refractivity contribution in [3.63, 3.8) is 0 Å². The van der Waals surface area contributed by atoms with Crippen LogP contribution in [0.3, 0.4) is 0 Å². The number of hydrogen-bond donors (Lipinski definition) is 0. The van der Waals surface area contributed by atoms with Crippen LogP contribution >= 0.6 is 0 Å². The van der Waals surface area contributed by atoms with E-state index in [0.29, 0.717) is 18.7 Å². The second kappa shape index (κ2) is 8.23. The Balaban J connectivity index is 1.82. The zero-order valence-corrected chi connectivity index (χ0v) is 16.6. The lowest BCUT2D eigenvalue weighted by Crippen LogP contribution is -2.05. The number of fused-ring (bicyclic) bond motifs is 1. The third-order valence-electron chi connectivity index (χ3n) is 4.94. The SMILES string of the molecule is CCOc1ccc2c(c1)cc(-c1ccccc1)n2Cc1cccc(C(=O)OC)c1. The maximum Gasteiger partial charge on any atom is 0.337 e. The van der Waals surface area contributed by atoms with Crippen molar-refractivity contribution in [1.82, 2.24) is 4.57 Å². The molecule has 0 N–H and O–H groups in total. The van der Waals surface area contributed by atoms with Crippen LogP contribution in [-0.4, -0.2) is 24.3 Å². The quantitative estimate of drug-likeness (QED) is 0.409. The maximum absolute atomic E-state index is 11.9. The highest BCUT2D eigenvalue weighted by Gasteiger charge is 2.13. The van der Waals surface area contributed by atoms with Gasteiger partial charge >= 0.3 is 5.97 Å². The van der Waals surface area contributed by atoms with Crippen LogP contribution in [0.4, 0.5) is 0 Å². The molecule has 4 aromatic rings. The van der Waals surface area contributed by atoms with E-state index in [9.17, 15) is 4.79 Å². The summed E-state index contributed by atoms with van der Waals surface area (Å²) in [4.78, 5) is 11.9. The number of benzene rings is 3. The Morgan fingerprint density at radius 2 is 1.76 bits per heavy atom. The van der Waals surface area contributed by atoms with E-state index in [4.69, 9.17) is 9.47 Å². The minimum absolute atomic E-state index is 0.325. The van der Waals surface area contributed by atoms with Crippen molar-refractivity contribution in [2.24, 2.45) is 0 Å². The number of esters is 1. The number of hydrogen-bond acceptors (Lipinski definition) is 3. The van der Waals surface area contributed by atoms with E-state index >= 15 is 0 Å². The zero-order valence-electron chi connectivity index (χ0n) is 16.6. The van der Waals surface area contributed by atoms with E-state index < -0.39 is 0 Å². The van der Waals surface area contributed by atoms with Crippen molar-refractivity contribution in [1.29, 1.82) is 0 Å². The van der Waals surface area contributed by atoms with Gasteiger partial charge in [-0.2, -0.15) is 0 Å². The second-order valence-corrected chi connectivity index (χ2v) is 6.83. The van der Waals surface area contributed by atoms with E-state index in [1.54, 1.807) is 6.07 Å². The number of methoxy groups -OCH3 is 1. The summed E-state index contributed by atoms with van der Waals surface area (Å²) in [6.07, 6.45) is 0. The molecule has 4 heteroatoms. The highest BCUT2D eigenvalue weighted by atomic mass is 16.5. The third kappa shape index (κ3) is 3.87. The molecule has 146 valence electrons. The van der Waals surface area contributed by atoms with Crippen LogP contribution in [0.2, 0.25) is 0 Å². The normalized spacial score (nSPS) is 10.8. The molecule has 0 atom stereocenters. The summed E-state index contributed by atoms with van der Waals surface area (Å²) < 4.78 is 12.8. The lowest BCUT2D eigenvalue weighted by molar-refractivity contribution is 0.0600. The molecule has 3 aromatic carbocycles. The summed E-state index contributed by atoms with van der Waals surface area (Å²) in [6, 6.07) is 26.3. The van der Waals surface area contributed by atoms with Crippen molar-refractivity contribution < 1.29 is 14.3 Å². The van der Waals surface area contributed by atoms with Gasteiger partial charge in [0.1, 0.15) is 5.75 Å². The molecule has 0 aliphatic carbocycles. The van der Waals surface area contributed by atoms with Crippen molar-refractivity contribution in [2.45, 2.75) is 13.5 Å². The van der Waals surface area contributed by atoms with Crippen molar-refractivity contribution in [3.05, 3.63) is 90.0 Å². The summed E-state index contributed by atoms with van der Waals surface area (Å²) in [7, 11) is 1.40. The van der Waals surface area contributed by atoms with Gasteiger partial charge in [0.25, 0.3) is 0 Å². The summed E-state index contributed by atoms with van der Waals surface area (Å²) >= 11 is 0. The van der Waals surface area contributed by atoms with Gasteiger partial charge in [0.05, 0.1) is 19.3 Å². The first-order valence-corrected chi connectivity index (χ1v) is 9.68. The Morgan fingerprint density at radius 1 is 0.931 bits per heavy atom. The molecule has 0 amide bonds. The summed E-state index contributed by atoms with van der Waals surface area (Å²) in [5, 5.41) is 1.12. The number of ether oxygens (including phenoxy) is 2. The van der Waals surface area contributed by atoms with Gasteiger partial charge in [-0.05, 0) is 54.4 Å². The molecule has 0 radical (unpaired) electrons. The van der Waals surface area contributed by atoms with Gasteiger partial charge in [0, 0.05) is 23.1 Å². The van der Waals surface area contributed by atoms with Crippen molar-refractivity contribution >= 4 is 16.9 Å². The van der Waals surface area contributed by atoms with E-state index in [1.807, 2.05) is 49.4 Å². The lowest BCUT2D eigenvalue weighted by Gasteiger charge is -2.12. The van der Waals surface area contributed by atoms with Crippen LogP contribution in [0, 0.1) is 0 Å². The molecule has 0 unspecified atom stereocenters. The Bertz CT molecular complexity index is 1150. The first-order valence-electron chi connectivity index (χ1n) is 9.68. The van der Waals surface area contributed by atoms with Crippen molar-refractivity contribution in [3.8, 4) is 17.0 Å². The molecule has 0 bridgehead atoms. The number of aromatic nitrogens is 1. The minimum Gasteiger partial charge on any atom is -0.494 e. The van der Waals surface area contributed by atoms with E-state index in [0.717, 1.165) is 33.5 Å². The molecule has 4 nitrogen and oxygen atoms in total. The molecule has 4 rings (SSSR count). The fourth-order valence-electron chi connectivity index (χ4n) is 3.62. The first-order chi connectivity index (χ1) is 14.2. The average molecular weight is 385 g/mol. The predicted molar refractivity (Wildman–Crippen MR) is 115 cm³/mol. The zero-order chi connectivity index (χ0) is 20.2. The van der Waals surface area contributed by atoms with Crippen LogP contribution in [0.1, 0.15) is 22.8 Å². The molecule has 0 aliphatic rings. The topological polar surface area (TPSA) is 40.5 Å². The van der Waals surface area contributed by atoms with Gasteiger partial charge in [0.2, 0.25) is 0 Å². The molecule has 0 fully saturated rings. The number of nitrogens with zero attached hydrogens (tertiary/aromatic N) is 1. The average Bonchev–Trinajstić information content (AvgIpc) is 3.12. The molecule has 0 spiro atoms.